The molecule has 84 valence electrons. The first-order chi connectivity index (χ1) is 7.63. The third kappa shape index (κ3) is 3.49. The summed E-state index contributed by atoms with van der Waals surface area (Å²) in [6, 6.07) is 5.83. The molecule has 0 spiro atoms. The summed E-state index contributed by atoms with van der Waals surface area (Å²) in [5, 5.41) is 14.0. The van der Waals surface area contributed by atoms with Crippen molar-refractivity contribution in [2.75, 3.05) is 0 Å². The number of amides is 1. The fourth-order valence-corrected chi connectivity index (χ4v) is 1.10. The molecule has 0 aliphatic rings. The molecule has 0 saturated heterocycles. The molecular weight excluding hydrogens is 210 g/mol. The minimum Gasteiger partial charge on any atom is -0.273 e. The van der Waals surface area contributed by atoms with Crippen LogP contribution in [0.1, 0.15) is 12.5 Å². The highest BCUT2D eigenvalue weighted by atomic mass is 16.6. The van der Waals surface area contributed by atoms with Gasteiger partial charge in [-0.15, -0.1) is 0 Å². The van der Waals surface area contributed by atoms with E-state index in [9.17, 15) is 14.9 Å². The van der Waals surface area contributed by atoms with Crippen LogP contribution in [0.3, 0.4) is 0 Å². The van der Waals surface area contributed by atoms with E-state index in [4.69, 9.17) is 0 Å². The Balaban J connectivity index is 2.61. The van der Waals surface area contributed by atoms with E-state index in [1.54, 1.807) is 19.1 Å². The maximum Gasteiger partial charge on any atom is 0.269 e. The van der Waals surface area contributed by atoms with Crippen LogP contribution in [0.25, 0.3) is 0 Å². The van der Waals surface area contributed by atoms with E-state index in [1.807, 2.05) is 0 Å². The van der Waals surface area contributed by atoms with Crippen LogP contribution >= 0.6 is 0 Å². The normalized spacial score (nSPS) is 10.3. The summed E-state index contributed by atoms with van der Waals surface area (Å²) in [6.07, 6.45) is 1.61. The lowest BCUT2D eigenvalue weighted by Gasteiger charge is -1.99. The first-order valence-corrected chi connectivity index (χ1v) is 4.63. The number of nitro groups is 1. The molecule has 0 unspecified atom stereocenters. The van der Waals surface area contributed by atoms with Crippen molar-refractivity contribution in [3.8, 4) is 0 Å². The Labute approximate surface area is 92.1 Å². The Hall–Kier alpha value is -2.24. The van der Waals surface area contributed by atoms with Gasteiger partial charge in [0.2, 0.25) is 5.91 Å². The SMILES string of the molecule is C/C=N\NC(=O)Cc1ccc([N+](=O)[O-])cc1. The monoisotopic (exact) mass is 221 g/mol. The Morgan fingerprint density at radius 2 is 2.12 bits per heavy atom. The number of hydrogen-bond acceptors (Lipinski definition) is 4. The lowest BCUT2D eigenvalue weighted by atomic mass is 10.1. The van der Waals surface area contributed by atoms with Gasteiger partial charge < -0.3 is 0 Å². The van der Waals surface area contributed by atoms with E-state index in [1.165, 1.54) is 18.3 Å². The first kappa shape index (κ1) is 11.8. The maximum absolute atomic E-state index is 11.2. The number of benzene rings is 1. The molecule has 0 aromatic heterocycles. The van der Waals surface area contributed by atoms with Crippen molar-refractivity contribution in [1.82, 2.24) is 5.43 Å². The van der Waals surface area contributed by atoms with E-state index in [0.29, 0.717) is 5.56 Å². The van der Waals surface area contributed by atoms with Gasteiger partial charge in [-0.2, -0.15) is 5.10 Å². The molecule has 16 heavy (non-hydrogen) atoms. The first-order valence-electron chi connectivity index (χ1n) is 4.63. The fraction of sp³-hybridized carbons (Fsp3) is 0.200. The highest BCUT2D eigenvalue weighted by Crippen LogP contribution is 2.12. The highest BCUT2D eigenvalue weighted by Gasteiger charge is 2.06. The topological polar surface area (TPSA) is 84.6 Å². The molecule has 1 N–H and O–H groups in total. The molecule has 0 fully saturated rings. The predicted molar refractivity (Wildman–Crippen MR) is 59.1 cm³/mol. The summed E-state index contributed by atoms with van der Waals surface area (Å²) in [6.45, 7) is 1.69. The minimum atomic E-state index is -0.481. The zero-order valence-corrected chi connectivity index (χ0v) is 8.71. The van der Waals surface area contributed by atoms with Gasteiger partial charge in [0.1, 0.15) is 0 Å². The largest absolute Gasteiger partial charge is 0.273 e. The van der Waals surface area contributed by atoms with Gasteiger partial charge in [0.05, 0.1) is 11.3 Å². The number of nitrogens with one attached hydrogen (secondary N) is 1. The smallest absolute Gasteiger partial charge is 0.269 e. The van der Waals surface area contributed by atoms with Crippen LogP contribution in [0.4, 0.5) is 5.69 Å². The van der Waals surface area contributed by atoms with Crippen molar-refractivity contribution < 1.29 is 9.72 Å². The van der Waals surface area contributed by atoms with Crippen LogP contribution in [0.15, 0.2) is 29.4 Å². The third-order valence-electron chi connectivity index (χ3n) is 1.83. The number of nitrogens with zero attached hydrogens (tertiary/aromatic N) is 2. The molecule has 1 aromatic rings. The molecular formula is C10H11N3O3. The minimum absolute atomic E-state index is 0.00994. The summed E-state index contributed by atoms with van der Waals surface area (Å²) in [5.41, 5.74) is 3.03. The molecule has 0 atom stereocenters. The van der Waals surface area contributed by atoms with Gasteiger partial charge in [-0.1, -0.05) is 12.1 Å². The fourth-order valence-electron chi connectivity index (χ4n) is 1.10. The predicted octanol–water partition coefficient (Wildman–Crippen LogP) is 1.26. The van der Waals surface area contributed by atoms with E-state index < -0.39 is 4.92 Å². The molecule has 6 heteroatoms. The lowest BCUT2D eigenvalue weighted by Crippen LogP contribution is -2.19. The van der Waals surface area contributed by atoms with Crippen molar-refractivity contribution in [1.29, 1.82) is 0 Å². The van der Waals surface area contributed by atoms with E-state index in [2.05, 4.69) is 10.5 Å². The van der Waals surface area contributed by atoms with Crippen LogP contribution < -0.4 is 5.43 Å². The van der Waals surface area contributed by atoms with Crippen molar-refractivity contribution in [3.63, 3.8) is 0 Å². The maximum atomic E-state index is 11.2. The standard InChI is InChI=1S/C10H11N3O3/c1-2-11-12-10(14)7-8-3-5-9(6-4-8)13(15)16/h2-6H,7H2,1H3,(H,12,14)/b11-2-. The zero-order valence-electron chi connectivity index (χ0n) is 8.71. The van der Waals surface area contributed by atoms with Crippen LogP contribution in [0.5, 0.6) is 0 Å². The Kier molecular flexibility index (Phi) is 4.14. The lowest BCUT2D eigenvalue weighted by molar-refractivity contribution is -0.384. The molecule has 1 rings (SSSR count). The molecule has 0 aliphatic carbocycles. The molecule has 0 saturated carbocycles. The highest BCUT2D eigenvalue weighted by molar-refractivity contribution is 5.79. The average molecular weight is 221 g/mol. The molecule has 1 amide bonds. The van der Waals surface area contributed by atoms with Crippen LogP contribution in [-0.4, -0.2) is 17.0 Å². The third-order valence-corrected chi connectivity index (χ3v) is 1.83. The van der Waals surface area contributed by atoms with Crippen LogP contribution in [0, 0.1) is 10.1 Å². The van der Waals surface area contributed by atoms with E-state index >= 15 is 0 Å². The van der Waals surface area contributed by atoms with Crippen molar-refractivity contribution in [2.45, 2.75) is 13.3 Å². The number of hydrazone groups is 1. The van der Waals surface area contributed by atoms with Gasteiger partial charge >= 0.3 is 0 Å². The summed E-state index contributed by atoms with van der Waals surface area (Å²) in [7, 11) is 0. The quantitative estimate of drug-likeness (QED) is 0.472. The second-order valence-electron chi connectivity index (χ2n) is 3.02. The number of carbonyl (C=O) groups is 1. The number of hydrogen-bond donors (Lipinski definition) is 1. The Morgan fingerprint density at radius 1 is 1.50 bits per heavy atom. The number of nitro benzene ring substituents is 1. The second-order valence-corrected chi connectivity index (χ2v) is 3.02. The zero-order chi connectivity index (χ0) is 12.0. The van der Waals surface area contributed by atoms with Gasteiger partial charge in [-0.05, 0) is 12.5 Å². The Bertz CT molecular complexity index is 412. The molecule has 1 aromatic carbocycles. The second kappa shape index (κ2) is 5.59. The van der Waals surface area contributed by atoms with Gasteiger partial charge in [0, 0.05) is 18.3 Å². The Morgan fingerprint density at radius 3 is 2.62 bits per heavy atom. The van der Waals surface area contributed by atoms with Gasteiger partial charge in [-0.3, -0.25) is 14.9 Å². The molecule has 0 aliphatic heterocycles. The summed E-state index contributed by atoms with van der Waals surface area (Å²) in [5.74, 6) is -0.257. The summed E-state index contributed by atoms with van der Waals surface area (Å²) in [4.78, 5) is 21.1. The van der Waals surface area contributed by atoms with Crippen LogP contribution in [-0.2, 0) is 11.2 Å². The number of non-ortho nitro benzene ring substituents is 1. The summed E-state index contributed by atoms with van der Waals surface area (Å²) < 4.78 is 0. The number of carbonyl (C=O) groups excluding carboxylic acids is 1. The van der Waals surface area contributed by atoms with Crippen molar-refractivity contribution >= 4 is 17.8 Å². The van der Waals surface area contributed by atoms with E-state index in [-0.39, 0.29) is 18.0 Å². The average Bonchev–Trinajstić information content (AvgIpc) is 2.27. The van der Waals surface area contributed by atoms with E-state index in [0.717, 1.165) is 0 Å². The summed E-state index contributed by atoms with van der Waals surface area (Å²) >= 11 is 0. The molecule has 0 bridgehead atoms. The molecule has 0 heterocycles. The van der Waals surface area contributed by atoms with Crippen molar-refractivity contribution in [3.05, 3.63) is 39.9 Å². The van der Waals surface area contributed by atoms with Crippen molar-refractivity contribution in [2.24, 2.45) is 5.10 Å². The van der Waals surface area contributed by atoms with Gasteiger partial charge in [0.15, 0.2) is 0 Å². The van der Waals surface area contributed by atoms with Crippen LogP contribution in [0.2, 0.25) is 0 Å². The molecule has 6 nitrogen and oxygen atoms in total. The van der Waals surface area contributed by atoms with Gasteiger partial charge in [0.25, 0.3) is 5.69 Å². The molecule has 0 radical (unpaired) electrons. The van der Waals surface area contributed by atoms with Gasteiger partial charge in [-0.25, -0.2) is 5.43 Å². The number of rotatable bonds is 4.